The van der Waals surface area contributed by atoms with Gasteiger partial charge in [-0.15, -0.1) is 10.2 Å². The zero-order valence-electron chi connectivity index (χ0n) is 11.2. The van der Waals surface area contributed by atoms with Gasteiger partial charge in [-0.05, 0) is 24.6 Å². The second-order valence-corrected chi connectivity index (χ2v) is 5.08. The largest absolute Gasteiger partial charge is 0.384 e. The van der Waals surface area contributed by atoms with Gasteiger partial charge in [-0.3, -0.25) is 0 Å². The predicted octanol–water partition coefficient (Wildman–Crippen LogP) is 1.90. The molecule has 0 amide bonds. The van der Waals surface area contributed by atoms with Gasteiger partial charge in [-0.2, -0.15) is 0 Å². The van der Waals surface area contributed by atoms with Crippen LogP contribution in [0.15, 0.2) is 23.4 Å². The Balaban J connectivity index is 2.19. The number of halogens is 1. The van der Waals surface area contributed by atoms with E-state index in [9.17, 15) is 4.39 Å². The number of aliphatic hydroxyl groups excluding tert-OH is 1. The van der Waals surface area contributed by atoms with E-state index >= 15 is 0 Å². The summed E-state index contributed by atoms with van der Waals surface area (Å²) >= 11 is 1.51. The molecule has 0 bridgehead atoms. The molecule has 0 fully saturated rings. The Morgan fingerprint density at radius 2 is 2.20 bits per heavy atom. The van der Waals surface area contributed by atoms with Gasteiger partial charge < -0.3 is 9.67 Å². The molecule has 6 heteroatoms. The summed E-state index contributed by atoms with van der Waals surface area (Å²) in [4.78, 5) is 0. The third kappa shape index (κ3) is 3.38. The highest BCUT2D eigenvalue weighted by Crippen LogP contribution is 2.23. The number of hydrogen-bond acceptors (Lipinski definition) is 4. The smallest absolute Gasteiger partial charge is 0.191 e. The molecule has 20 heavy (non-hydrogen) atoms. The Bertz CT molecular complexity index is 673. The summed E-state index contributed by atoms with van der Waals surface area (Å²) in [6, 6.07) is 4.48. The fourth-order valence-corrected chi connectivity index (χ4v) is 2.54. The zero-order valence-corrected chi connectivity index (χ0v) is 12.0. The number of hydrogen-bond donors (Lipinski definition) is 1. The maximum Gasteiger partial charge on any atom is 0.191 e. The van der Waals surface area contributed by atoms with E-state index in [4.69, 9.17) is 5.11 Å². The molecule has 0 spiro atoms. The van der Waals surface area contributed by atoms with Gasteiger partial charge in [-0.25, -0.2) is 4.39 Å². The van der Waals surface area contributed by atoms with Crippen molar-refractivity contribution in [2.45, 2.75) is 17.8 Å². The molecular formula is C14H14FN3OS. The minimum absolute atomic E-state index is 0.244. The van der Waals surface area contributed by atoms with Crippen LogP contribution in [0.4, 0.5) is 4.39 Å². The molecule has 1 N–H and O–H groups in total. The number of thioether (sulfide) groups is 1. The summed E-state index contributed by atoms with van der Waals surface area (Å²) in [6.45, 7) is 1.64. The zero-order chi connectivity index (χ0) is 14.5. The van der Waals surface area contributed by atoms with Crippen LogP contribution < -0.4 is 0 Å². The number of nitrogens with zero attached hydrogens (tertiary/aromatic N) is 3. The number of aromatic nitrogens is 3. The topological polar surface area (TPSA) is 50.9 Å². The van der Waals surface area contributed by atoms with Crippen LogP contribution in [0.25, 0.3) is 0 Å². The molecule has 2 aromatic rings. The number of rotatable bonds is 3. The standard InChI is InChI=1S/C14H14FN3OS/c1-10-16-17-14(18(10)2)20-9-12-5-6-13(15)8-11(12)4-3-7-19/h5-6,8,19H,7,9H2,1-2H3. The minimum Gasteiger partial charge on any atom is -0.384 e. The summed E-state index contributed by atoms with van der Waals surface area (Å²) in [5.41, 5.74) is 1.49. The Hall–Kier alpha value is -1.84. The number of aryl methyl sites for hydroxylation is 1. The van der Waals surface area contributed by atoms with Crippen molar-refractivity contribution >= 4 is 11.8 Å². The van der Waals surface area contributed by atoms with Crippen molar-refractivity contribution in [3.63, 3.8) is 0 Å². The molecule has 0 atom stereocenters. The first-order chi connectivity index (χ1) is 9.61. The number of benzene rings is 1. The van der Waals surface area contributed by atoms with Crippen molar-refractivity contribution in [3.05, 3.63) is 41.0 Å². The van der Waals surface area contributed by atoms with Crippen molar-refractivity contribution < 1.29 is 9.50 Å². The Morgan fingerprint density at radius 3 is 2.85 bits per heavy atom. The van der Waals surface area contributed by atoms with E-state index in [1.54, 1.807) is 6.07 Å². The highest BCUT2D eigenvalue weighted by molar-refractivity contribution is 7.98. The van der Waals surface area contributed by atoms with E-state index in [0.717, 1.165) is 16.5 Å². The van der Waals surface area contributed by atoms with Gasteiger partial charge in [-0.1, -0.05) is 29.7 Å². The Morgan fingerprint density at radius 1 is 1.40 bits per heavy atom. The van der Waals surface area contributed by atoms with Crippen LogP contribution in [-0.4, -0.2) is 26.5 Å². The first-order valence-electron chi connectivity index (χ1n) is 5.98. The van der Waals surface area contributed by atoms with Crippen molar-refractivity contribution in [2.75, 3.05) is 6.61 Å². The summed E-state index contributed by atoms with van der Waals surface area (Å²) in [7, 11) is 1.90. The SMILES string of the molecule is Cc1nnc(SCc2ccc(F)cc2C#CCO)n1C. The quantitative estimate of drug-likeness (QED) is 0.693. The average molecular weight is 291 g/mol. The second-order valence-electron chi connectivity index (χ2n) is 4.14. The van der Waals surface area contributed by atoms with E-state index in [-0.39, 0.29) is 12.4 Å². The summed E-state index contributed by atoms with van der Waals surface area (Å²) < 4.78 is 15.1. The highest BCUT2D eigenvalue weighted by atomic mass is 32.2. The van der Waals surface area contributed by atoms with Crippen LogP contribution in [0.1, 0.15) is 17.0 Å². The van der Waals surface area contributed by atoms with Crippen LogP contribution in [-0.2, 0) is 12.8 Å². The van der Waals surface area contributed by atoms with Crippen molar-refractivity contribution in [3.8, 4) is 11.8 Å². The first-order valence-corrected chi connectivity index (χ1v) is 6.97. The second kappa shape index (κ2) is 6.55. The van der Waals surface area contributed by atoms with Gasteiger partial charge in [0.2, 0.25) is 0 Å². The average Bonchev–Trinajstić information content (AvgIpc) is 2.75. The van der Waals surface area contributed by atoms with E-state index in [2.05, 4.69) is 22.0 Å². The fourth-order valence-electron chi connectivity index (χ4n) is 1.58. The molecule has 4 nitrogen and oxygen atoms in total. The van der Waals surface area contributed by atoms with Crippen molar-refractivity contribution in [1.29, 1.82) is 0 Å². The molecule has 0 unspecified atom stereocenters. The molecule has 2 rings (SSSR count). The third-order valence-corrected chi connectivity index (χ3v) is 3.85. The van der Waals surface area contributed by atoms with Crippen LogP contribution in [0, 0.1) is 24.6 Å². The van der Waals surface area contributed by atoms with Gasteiger partial charge >= 0.3 is 0 Å². The first kappa shape index (κ1) is 14.6. The van der Waals surface area contributed by atoms with Crippen LogP contribution in [0.2, 0.25) is 0 Å². The molecule has 104 valence electrons. The highest BCUT2D eigenvalue weighted by Gasteiger charge is 2.08. The normalized spacial score (nSPS) is 10.2. The van der Waals surface area contributed by atoms with E-state index in [1.807, 2.05) is 18.5 Å². The lowest BCUT2D eigenvalue weighted by molar-refractivity contribution is 0.350. The predicted molar refractivity (Wildman–Crippen MR) is 75.7 cm³/mol. The van der Waals surface area contributed by atoms with Gasteiger partial charge in [0.15, 0.2) is 5.16 Å². The number of aliphatic hydroxyl groups is 1. The lowest BCUT2D eigenvalue weighted by Crippen LogP contribution is -1.95. The lowest BCUT2D eigenvalue weighted by atomic mass is 10.1. The van der Waals surface area contributed by atoms with Crippen LogP contribution in [0.3, 0.4) is 0 Å². The maximum absolute atomic E-state index is 13.2. The van der Waals surface area contributed by atoms with Crippen molar-refractivity contribution in [2.24, 2.45) is 7.05 Å². The van der Waals surface area contributed by atoms with Gasteiger partial charge in [0.25, 0.3) is 0 Å². The lowest BCUT2D eigenvalue weighted by Gasteiger charge is -2.05. The third-order valence-electron chi connectivity index (χ3n) is 2.78. The molecule has 0 saturated heterocycles. The van der Waals surface area contributed by atoms with E-state index in [1.165, 1.54) is 23.9 Å². The molecule has 0 aliphatic heterocycles. The van der Waals surface area contributed by atoms with Crippen molar-refractivity contribution in [1.82, 2.24) is 14.8 Å². The molecule has 0 aliphatic rings. The monoisotopic (exact) mass is 291 g/mol. The molecule has 1 aromatic heterocycles. The fraction of sp³-hybridized carbons (Fsp3) is 0.286. The Kier molecular flexibility index (Phi) is 4.77. The van der Waals surface area contributed by atoms with Crippen LogP contribution in [0.5, 0.6) is 0 Å². The van der Waals surface area contributed by atoms with Gasteiger partial charge in [0.1, 0.15) is 18.2 Å². The molecule has 1 aromatic carbocycles. The van der Waals surface area contributed by atoms with Crippen LogP contribution >= 0.6 is 11.8 Å². The minimum atomic E-state index is -0.338. The van der Waals surface area contributed by atoms with E-state index < -0.39 is 0 Å². The van der Waals surface area contributed by atoms with E-state index in [0.29, 0.717) is 11.3 Å². The molecule has 0 saturated carbocycles. The molecule has 1 heterocycles. The molecular weight excluding hydrogens is 277 g/mol. The Labute approximate surface area is 121 Å². The summed E-state index contributed by atoms with van der Waals surface area (Å²) in [5, 5.41) is 17.6. The maximum atomic E-state index is 13.2. The molecule has 0 radical (unpaired) electrons. The van der Waals surface area contributed by atoms with Gasteiger partial charge in [0.05, 0.1) is 0 Å². The molecule has 0 aliphatic carbocycles. The summed E-state index contributed by atoms with van der Waals surface area (Å²) in [6.07, 6.45) is 0. The van der Waals surface area contributed by atoms with Gasteiger partial charge in [0, 0.05) is 18.4 Å². The summed E-state index contributed by atoms with van der Waals surface area (Å²) in [5.74, 6) is 6.42.